The van der Waals surface area contributed by atoms with Crippen molar-refractivity contribution in [2.75, 3.05) is 0 Å². The number of para-hydroxylation sites is 1. The fraction of sp³-hybridized carbons (Fsp3) is 0. The van der Waals surface area contributed by atoms with Gasteiger partial charge in [-0.3, -0.25) is 0 Å². The second-order valence-electron chi connectivity index (χ2n) is 5.42. The lowest BCUT2D eigenvalue weighted by Gasteiger charge is -2.12. The molecule has 0 aliphatic heterocycles. The molecule has 0 radical (unpaired) electrons. The van der Waals surface area contributed by atoms with Crippen LogP contribution in [0, 0.1) is 0 Å². The molecule has 3 aromatic carbocycles. The van der Waals surface area contributed by atoms with Crippen LogP contribution in [0.2, 0.25) is 0 Å². The highest BCUT2D eigenvalue weighted by Crippen LogP contribution is 2.31. The predicted octanol–water partition coefficient (Wildman–Crippen LogP) is 2.77. The summed E-state index contributed by atoms with van der Waals surface area (Å²) in [4.78, 5) is -0.606. The molecule has 6 nitrogen and oxygen atoms in total. The van der Waals surface area contributed by atoms with E-state index in [9.17, 15) is 16.8 Å². The van der Waals surface area contributed by atoms with E-state index in [0.717, 1.165) is 11.6 Å². The fourth-order valence-electron chi connectivity index (χ4n) is 2.37. The molecule has 2 N–H and O–H groups in total. The van der Waals surface area contributed by atoms with Crippen molar-refractivity contribution in [1.29, 1.82) is 0 Å². The van der Waals surface area contributed by atoms with Gasteiger partial charge in [-0.2, -0.15) is 8.42 Å². The van der Waals surface area contributed by atoms with E-state index in [1.165, 1.54) is 24.3 Å². The number of nitrogens with two attached hydrogens (primary N) is 1. The Morgan fingerprint density at radius 2 is 1.31 bits per heavy atom. The van der Waals surface area contributed by atoms with Crippen molar-refractivity contribution in [2.45, 2.75) is 9.79 Å². The van der Waals surface area contributed by atoms with Gasteiger partial charge in [0.25, 0.3) is 0 Å². The van der Waals surface area contributed by atoms with Crippen LogP contribution in [0.5, 0.6) is 5.75 Å². The maximum absolute atomic E-state index is 12.6. The topological polar surface area (TPSA) is 104 Å². The van der Waals surface area contributed by atoms with Crippen molar-refractivity contribution in [2.24, 2.45) is 5.14 Å². The van der Waals surface area contributed by atoms with Crippen molar-refractivity contribution in [3.05, 3.63) is 78.9 Å². The minimum Gasteiger partial charge on any atom is -0.378 e. The second kappa shape index (κ2) is 6.91. The molecule has 8 heteroatoms. The average molecular weight is 389 g/mol. The summed E-state index contributed by atoms with van der Waals surface area (Å²) in [5, 5.41) is 5.06. The predicted molar refractivity (Wildman–Crippen MR) is 97.5 cm³/mol. The molecule has 0 bridgehead atoms. The lowest BCUT2D eigenvalue weighted by Crippen LogP contribution is -2.15. The molecule has 0 aliphatic rings. The Labute approximate surface area is 152 Å². The standard InChI is InChI=1S/C18H15NO5S2/c19-25(20,21)15-9-6-10-16(13-15)26(22,23)24-18-12-5-4-11-17(18)14-7-2-1-3-8-14/h1-13H,(H2,19,20,21). The van der Waals surface area contributed by atoms with Crippen LogP contribution in [0.1, 0.15) is 0 Å². The Kier molecular flexibility index (Phi) is 4.82. The number of primary sulfonamides is 1. The fourth-order valence-corrected chi connectivity index (χ4v) is 4.00. The number of benzene rings is 3. The SMILES string of the molecule is NS(=O)(=O)c1cccc(S(=O)(=O)Oc2ccccc2-c2ccccc2)c1. The maximum atomic E-state index is 12.6. The molecule has 134 valence electrons. The van der Waals surface area contributed by atoms with E-state index in [1.807, 2.05) is 30.3 Å². The average Bonchev–Trinajstić information content (AvgIpc) is 2.62. The lowest BCUT2D eigenvalue weighted by molar-refractivity contribution is 0.486. The molecule has 0 aromatic heterocycles. The Balaban J connectivity index is 2.02. The molecule has 3 rings (SSSR count). The summed E-state index contributed by atoms with van der Waals surface area (Å²) in [6.45, 7) is 0. The van der Waals surface area contributed by atoms with Gasteiger partial charge < -0.3 is 4.18 Å². The van der Waals surface area contributed by atoms with Gasteiger partial charge in [-0.05, 0) is 29.8 Å². The molecule has 0 aliphatic carbocycles. The van der Waals surface area contributed by atoms with Gasteiger partial charge >= 0.3 is 10.1 Å². The first-order valence-electron chi connectivity index (χ1n) is 7.49. The molecule has 3 aromatic rings. The molecule has 0 saturated carbocycles. The van der Waals surface area contributed by atoms with Crippen LogP contribution in [-0.2, 0) is 20.1 Å². The van der Waals surface area contributed by atoms with E-state index >= 15 is 0 Å². The van der Waals surface area contributed by atoms with Crippen LogP contribution < -0.4 is 9.32 Å². The Morgan fingerprint density at radius 1 is 0.692 bits per heavy atom. The van der Waals surface area contributed by atoms with Crippen molar-refractivity contribution in [3.8, 4) is 16.9 Å². The first-order valence-corrected chi connectivity index (χ1v) is 10.4. The molecule has 0 heterocycles. The normalized spacial score (nSPS) is 11.9. The lowest BCUT2D eigenvalue weighted by atomic mass is 10.1. The highest BCUT2D eigenvalue weighted by Gasteiger charge is 2.21. The van der Waals surface area contributed by atoms with Crippen LogP contribution in [0.4, 0.5) is 0 Å². The third-order valence-electron chi connectivity index (χ3n) is 3.59. The van der Waals surface area contributed by atoms with E-state index in [1.54, 1.807) is 18.2 Å². The third-order valence-corrected chi connectivity index (χ3v) is 5.74. The number of rotatable bonds is 5. The molecular weight excluding hydrogens is 374 g/mol. The van der Waals surface area contributed by atoms with Gasteiger partial charge in [-0.25, -0.2) is 13.6 Å². The minimum absolute atomic E-state index is 0.139. The van der Waals surface area contributed by atoms with Gasteiger partial charge in [0, 0.05) is 5.56 Å². The summed E-state index contributed by atoms with van der Waals surface area (Å²) >= 11 is 0. The molecule has 0 fully saturated rings. The Bertz CT molecular complexity index is 1140. The highest BCUT2D eigenvalue weighted by molar-refractivity contribution is 7.89. The summed E-state index contributed by atoms with van der Waals surface area (Å²) in [6, 6.07) is 20.6. The summed E-state index contributed by atoms with van der Waals surface area (Å²) in [7, 11) is -8.28. The highest BCUT2D eigenvalue weighted by atomic mass is 32.2. The summed E-state index contributed by atoms with van der Waals surface area (Å²) in [5.41, 5.74) is 1.39. The monoisotopic (exact) mass is 389 g/mol. The first-order chi connectivity index (χ1) is 12.3. The van der Waals surface area contributed by atoms with E-state index < -0.39 is 20.1 Å². The molecule has 0 unspecified atom stereocenters. The van der Waals surface area contributed by atoms with Gasteiger partial charge in [-0.1, -0.05) is 54.6 Å². The van der Waals surface area contributed by atoms with E-state index in [0.29, 0.717) is 5.56 Å². The molecular formula is C18H15NO5S2. The third kappa shape index (κ3) is 3.93. The number of hydrogen-bond donors (Lipinski definition) is 1. The van der Waals surface area contributed by atoms with Crippen LogP contribution >= 0.6 is 0 Å². The largest absolute Gasteiger partial charge is 0.378 e. The number of sulfonamides is 1. The van der Waals surface area contributed by atoms with Crippen molar-refractivity contribution in [3.63, 3.8) is 0 Å². The Morgan fingerprint density at radius 3 is 2.00 bits per heavy atom. The van der Waals surface area contributed by atoms with E-state index in [-0.39, 0.29) is 15.5 Å². The van der Waals surface area contributed by atoms with Crippen molar-refractivity contribution >= 4 is 20.1 Å². The quantitative estimate of drug-likeness (QED) is 0.676. The second-order valence-corrected chi connectivity index (χ2v) is 8.53. The van der Waals surface area contributed by atoms with Crippen LogP contribution in [-0.4, -0.2) is 16.8 Å². The first kappa shape index (κ1) is 18.1. The van der Waals surface area contributed by atoms with Gasteiger partial charge in [0.2, 0.25) is 10.0 Å². The molecule has 0 amide bonds. The van der Waals surface area contributed by atoms with Crippen LogP contribution in [0.3, 0.4) is 0 Å². The van der Waals surface area contributed by atoms with Gasteiger partial charge in [0.15, 0.2) is 5.75 Å². The summed E-state index contributed by atoms with van der Waals surface area (Å²) in [5.74, 6) is 0.139. The van der Waals surface area contributed by atoms with Crippen molar-refractivity contribution in [1.82, 2.24) is 0 Å². The minimum atomic E-state index is -4.25. The van der Waals surface area contributed by atoms with Gasteiger partial charge in [0.1, 0.15) is 4.90 Å². The Hall–Kier alpha value is -2.68. The van der Waals surface area contributed by atoms with Crippen LogP contribution in [0.15, 0.2) is 88.7 Å². The summed E-state index contributed by atoms with van der Waals surface area (Å²) < 4.78 is 53.4. The molecule has 0 atom stereocenters. The molecule has 0 spiro atoms. The van der Waals surface area contributed by atoms with Crippen molar-refractivity contribution < 1.29 is 21.0 Å². The number of hydrogen-bond acceptors (Lipinski definition) is 5. The zero-order valence-corrected chi connectivity index (χ0v) is 15.1. The zero-order chi connectivity index (χ0) is 18.8. The zero-order valence-electron chi connectivity index (χ0n) is 13.4. The molecule has 0 saturated heterocycles. The van der Waals surface area contributed by atoms with Crippen LogP contribution in [0.25, 0.3) is 11.1 Å². The van der Waals surface area contributed by atoms with Gasteiger partial charge in [-0.15, -0.1) is 0 Å². The molecule has 26 heavy (non-hydrogen) atoms. The van der Waals surface area contributed by atoms with E-state index in [2.05, 4.69) is 0 Å². The maximum Gasteiger partial charge on any atom is 0.339 e. The van der Waals surface area contributed by atoms with Gasteiger partial charge in [0.05, 0.1) is 4.90 Å². The van der Waals surface area contributed by atoms with E-state index in [4.69, 9.17) is 9.32 Å². The smallest absolute Gasteiger partial charge is 0.339 e. The summed E-state index contributed by atoms with van der Waals surface area (Å²) in [6.07, 6.45) is 0.